The largest absolute Gasteiger partial charge is 0.495 e. The van der Waals surface area contributed by atoms with Crippen molar-refractivity contribution in [3.63, 3.8) is 0 Å². The Kier molecular flexibility index (Phi) is 4.47. The summed E-state index contributed by atoms with van der Waals surface area (Å²) in [6, 6.07) is 6.52. The van der Waals surface area contributed by atoms with Crippen LogP contribution in [0.15, 0.2) is 18.2 Å². The highest BCUT2D eigenvalue weighted by Gasteiger charge is 2.24. The molecular weight excluding hydrogens is 280 g/mol. The first-order valence-corrected chi connectivity index (χ1v) is 7.89. The minimum Gasteiger partial charge on any atom is -0.495 e. The van der Waals surface area contributed by atoms with E-state index in [0.717, 1.165) is 12.8 Å². The lowest BCUT2D eigenvalue weighted by molar-refractivity contribution is 0.127. The fourth-order valence-electron chi connectivity index (χ4n) is 2.07. The molecule has 1 saturated heterocycles. The number of hydrogen-bond acceptors (Lipinski definition) is 5. The van der Waals surface area contributed by atoms with Crippen molar-refractivity contribution in [2.75, 3.05) is 24.2 Å². The minimum atomic E-state index is -3.51. The summed E-state index contributed by atoms with van der Waals surface area (Å²) < 4.78 is 37.0. The quantitative estimate of drug-likeness (QED) is 0.889. The second-order valence-electron chi connectivity index (χ2n) is 4.55. The smallest absolute Gasteiger partial charge is 0.235 e. The first kappa shape index (κ1) is 14.6. The van der Waals surface area contributed by atoms with Gasteiger partial charge in [0.05, 0.1) is 36.3 Å². The number of benzene rings is 1. The number of nitrogens with zero attached hydrogens (tertiary/aromatic N) is 1. The molecule has 1 aliphatic heterocycles. The third-order valence-electron chi connectivity index (χ3n) is 3.03. The van der Waals surface area contributed by atoms with Crippen LogP contribution >= 0.6 is 0 Å². The normalized spacial score (nSPS) is 18.5. The molecule has 6 nitrogen and oxygen atoms in total. The Morgan fingerprint density at radius 3 is 2.95 bits per heavy atom. The van der Waals surface area contributed by atoms with Gasteiger partial charge in [0.1, 0.15) is 5.75 Å². The predicted molar refractivity (Wildman–Crippen MR) is 74.1 cm³/mol. The van der Waals surface area contributed by atoms with Crippen molar-refractivity contribution in [1.82, 2.24) is 0 Å². The van der Waals surface area contributed by atoms with E-state index in [4.69, 9.17) is 14.7 Å². The summed E-state index contributed by atoms with van der Waals surface area (Å²) in [6.07, 6.45) is 1.39. The van der Waals surface area contributed by atoms with E-state index in [1.54, 1.807) is 0 Å². The lowest BCUT2D eigenvalue weighted by Crippen LogP contribution is -2.25. The van der Waals surface area contributed by atoms with E-state index in [1.807, 2.05) is 6.07 Å². The number of methoxy groups -OCH3 is 1. The number of anilines is 1. The number of nitriles is 1. The Bertz CT molecular complexity index is 616. The maximum absolute atomic E-state index is 12.1. The van der Waals surface area contributed by atoms with E-state index in [2.05, 4.69) is 4.72 Å². The lowest BCUT2D eigenvalue weighted by atomic mass is 10.2. The number of nitrogens with one attached hydrogen (secondary N) is 1. The van der Waals surface area contributed by atoms with Crippen LogP contribution in [0.5, 0.6) is 5.75 Å². The zero-order chi connectivity index (χ0) is 14.6. The Balaban J connectivity index is 2.14. The van der Waals surface area contributed by atoms with Gasteiger partial charge in [-0.1, -0.05) is 0 Å². The molecule has 0 radical (unpaired) electrons. The molecular formula is C13H16N2O4S. The van der Waals surface area contributed by atoms with Gasteiger partial charge >= 0.3 is 0 Å². The van der Waals surface area contributed by atoms with Gasteiger partial charge in [0.2, 0.25) is 10.0 Å². The molecule has 1 fully saturated rings. The standard InChI is InChI=1S/C13H16N2O4S/c1-18-13-7-10(8-14)4-5-12(13)15-20(16,17)9-11-3-2-6-19-11/h4-5,7,11,15H,2-3,6,9H2,1H3. The Morgan fingerprint density at radius 1 is 1.55 bits per heavy atom. The average Bonchev–Trinajstić information content (AvgIpc) is 2.90. The SMILES string of the molecule is COc1cc(C#N)ccc1NS(=O)(=O)CC1CCCO1. The van der Waals surface area contributed by atoms with Crippen molar-refractivity contribution >= 4 is 15.7 Å². The number of sulfonamides is 1. The van der Waals surface area contributed by atoms with E-state index in [9.17, 15) is 8.42 Å². The third kappa shape index (κ3) is 3.62. The molecule has 1 heterocycles. The molecule has 1 unspecified atom stereocenters. The van der Waals surface area contributed by atoms with Gasteiger partial charge in [0, 0.05) is 12.7 Å². The molecule has 0 aromatic heterocycles. The van der Waals surface area contributed by atoms with Crippen molar-refractivity contribution in [1.29, 1.82) is 5.26 Å². The minimum absolute atomic E-state index is 0.0733. The van der Waals surface area contributed by atoms with E-state index in [0.29, 0.717) is 23.6 Å². The molecule has 0 saturated carbocycles. The molecule has 0 spiro atoms. The summed E-state index contributed by atoms with van der Waals surface area (Å²) in [7, 11) is -2.08. The fourth-order valence-corrected chi connectivity index (χ4v) is 3.41. The molecule has 108 valence electrons. The Labute approximate surface area is 118 Å². The monoisotopic (exact) mass is 296 g/mol. The van der Waals surface area contributed by atoms with Crippen LogP contribution in [0.1, 0.15) is 18.4 Å². The van der Waals surface area contributed by atoms with Crippen molar-refractivity contribution in [2.45, 2.75) is 18.9 Å². The molecule has 1 aromatic carbocycles. The third-order valence-corrected chi connectivity index (χ3v) is 4.37. The molecule has 1 aliphatic rings. The molecule has 1 aromatic rings. The maximum atomic E-state index is 12.1. The summed E-state index contributed by atoms with van der Waals surface area (Å²) in [4.78, 5) is 0. The molecule has 0 aliphatic carbocycles. The Morgan fingerprint density at radius 2 is 2.35 bits per heavy atom. The van der Waals surface area contributed by atoms with Crippen LogP contribution < -0.4 is 9.46 Å². The van der Waals surface area contributed by atoms with Crippen LogP contribution in [0.3, 0.4) is 0 Å². The summed E-state index contributed by atoms with van der Waals surface area (Å²) in [5.74, 6) is 0.246. The lowest BCUT2D eigenvalue weighted by Gasteiger charge is -2.14. The maximum Gasteiger partial charge on any atom is 0.235 e. The van der Waals surface area contributed by atoms with Gasteiger partial charge in [-0.15, -0.1) is 0 Å². The highest BCUT2D eigenvalue weighted by molar-refractivity contribution is 7.92. The second-order valence-corrected chi connectivity index (χ2v) is 6.31. The fraction of sp³-hybridized carbons (Fsp3) is 0.462. The average molecular weight is 296 g/mol. The van der Waals surface area contributed by atoms with Gasteiger partial charge < -0.3 is 9.47 Å². The van der Waals surface area contributed by atoms with Crippen molar-refractivity contribution in [3.05, 3.63) is 23.8 Å². The molecule has 1 N–H and O–H groups in total. The Hall–Kier alpha value is -1.78. The van der Waals surface area contributed by atoms with Gasteiger partial charge in [-0.05, 0) is 25.0 Å². The van der Waals surface area contributed by atoms with E-state index >= 15 is 0 Å². The summed E-state index contributed by atoms with van der Waals surface area (Å²) in [6.45, 7) is 0.611. The van der Waals surface area contributed by atoms with Crippen LogP contribution in [0.25, 0.3) is 0 Å². The highest BCUT2D eigenvalue weighted by Crippen LogP contribution is 2.27. The zero-order valence-corrected chi connectivity index (χ0v) is 11.9. The number of ether oxygens (including phenoxy) is 2. The first-order valence-electron chi connectivity index (χ1n) is 6.24. The van der Waals surface area contributed by atoms with E-state index < -0.39 is 10.0 Å². The predicted octanol–water partition coefficient (Wildman–Crippen LogP) is 1.49. The topological polar surface area (TPSA) is 88.4 Å². The van der Waals surface area contributed by atoms with Crippen LogP contribution in [0.2, 0.25) is 0 Å². The van der Waals surface area contributed by atoms with Gasteiger partial charge in [0.15, 0.2) is 0 Å². The molecule has 0 amide bonds. The summed E-state index contributed by atoms with van der Waals surface area (Å²) in [5, 5.41) is 8.81. The molecule has 7 heteroatoms. The highest BCUT2D eigenvalue weighted by atomic mass is 32.2. The van der Waals surface area contributed by atoms with Crippen LogP contribution in [0, 0.1) is 11.3 Å². The number of rotatable bonds is 5. The van der Waals surface area contributed by atoms with Gasteiger partial charge in [-0.3, -0.25) is 4.72 Å². The van der Waals surface area contributed by atoms with Crippen molar-refractivity contribution < 1.29 is 17.9 Å². The summed E-state index contributed by atoms with van der Waals surface area (Å²) in [5.41, 5.74) is 0.730. The van der Waals surface area contributed by atoms with Gasteiger partial charge in [-0.2, -0.15) is 5.26 Å². The van der Waals surface area contributed by atoms with Crippen LogP contribution in [-0.2, 0) is 14.8 Å². The van der Waals surface area contributed by atoms with E-state index in [-0.39, 0.29) is 11.9 Å². The van der Waals surface area contributed by atoms with Crippen LogP contribution in [-0.4, -0.2) is 34.0 Å². The van der Waals surface area contributed by atoms with Crippen molar-refractivity contribution in [2.24, 2.45) is 0 Å². The summed E-state index contributed by atoms with van der Waals surface area (Å²) >= 11 is 0. The van der Waals surface area contributed by atoms with Gasteiger partial charge in [-0.25, -0.2) is 8.42 Å². The number of hydrogen-bond donors (Lipinski definition) is 1. The van der Waals surface area contributed by atoms with Crippen LogP contribution in [0.4, 0.5) is 5.69 Å². The first-order chi connectivity index (χ1) is 9.54. The van der Waals surface area contributed by atoms with E-state index in [1.165, 1.54) is 25.3 Å². The molecule has 1 atom stereocenters. The van der Waals surface area contributed by atoms with Gasteiger partial charge in [0.25, 0.3) is 0 Å². The molecule has 20 heavy (non-hydrogen) atoms. The molecule has 0 bridgehead atoms. The molecule has 2 rings (SSSR count). The zero-order valence-electron chi connectivity index (χ0n) is 11.1. The van der Waals surface area contributed by atoms with Crippen molar-refractivity contribution in [3.8, 4) is 11.8 Å². The second kappa shape index (κ2) is 6.11.